The second-order valence-electron chi connectivity index (χ2n) is 6.14. The van der Waals surface area contributed by atoms with Crippen molar-refractivity contribution in [1.29, 1.82) is 0 Å². The lowest BCUT2D eigenvalue weighted by Crippen LogP contribution is -2.06. The number of aromatic carboxylic acids is 1. The zero-order chi connectivity index (χ0) is 18.1. The lowest BCUT2D eigenvalue weighted by Gasteiger charge is -2.13. The van der Waals surface area contributed by atoms with E-state index in [4.69, 9.17) is 16.3 Å². The van der Waals surface area contributed by atoms with Crippen molar-refractivity contribution in [1.82, 2.24) is 4.98 Å². The Morgan fingerprint density at radius 1 is 1.20 bits per heavy atom. The Kier molecular flexibility index (Phi) is 4.64. The van der Waals surface area contributed by atoms with Crippen LogP contribution < -0.4 is 4.74 Å². The predicted octanol–water partition coefficient (Wildman–Crippen LogP) is 5.35. The van der Waals surface area contributed by atoms with E-state index < -0.39 is 5.97 Å². The summed E-state index contributed by atoms with van der Waals surface area (Å²) in [6, 6.07) is 12.5. The highest BCUT2D eigenvalue weighted by Crippen LogP contribution is 2.32. The molecule has 0 amide bonds. The van der Waals surface area contributed by atoms with Gasteiger partial charge in [-0.05, 0) is 50.6 Å². The number of pyridine rings is 1. The first-order valence-electron chi connectivity index (χ1n) is 7.97. The first kappa shape index (κ1) is 17.2. The van der Waals surface area contributed by atoms with Crippen LogP contribution in [0.25, 0.3) is 22.2 Å². The van der Waals surface area contributed by atoms with E-state index in [1.807, 2.05) is 39.0 Å². The number of rotatable bonds is 4. The van der Waals surface area contributed by atoms with Gasteiger partial charge >= 0.3 is 5.97 Å². The summed E-state index contributed by atoms with van der Waals surface area (Å²) in [6.07, 6.45) is 0.0170. The molecule has 0 saturated carbocycles. The molecule has 3 rings (SSSR count). The van der Waals surface area contributed by atoms with E-state index in [-0.39, 0.29) is 11.7 Å². The Bertz CT molecular complexity index is 967. The molecular formula is C20H18ClNO3. The van der Waals surface area contributed by atoms with E-state index in [1.54, 1.807) is 24.3 Å². The molecule has 0 spiro atoms. The van der Waals surface area contributed by atoms with Crippen LogP contribution in [0.5, 0.6) is 5.75 Å². The van der Waals surface area contributed by atoms with Crippen LogP contribution in [0.1, 0.15) is 29.8 Å². The molecule has 128 valence electrons. The maximum Gasteiger partial charge on any atom is 0.336 e. The summed E-state index contributed by atoms with van der Waals surface area (Å²) in [6.45, 7) is 5.77. The van der Waals surface area contributed by atoms with Crippen molar-refractivity contribution in [3.05, 3.63) is 58.6 Å². The minimum Gasteiger partial charge on any atom is -0.489 e. The molecule has 2 aromatic carbocycles. The van der Waals surface area contributed by atoms with Gasteiger partial charge < -0.3 is 9.84 Å². The van der Waals surface area contributed by atoms with Gasteiger partial charge in [0, 0.05) is 10.9 Å². The summed E-state index contributed by atoms with van der Waals surface area (Å²) < 4.78 is 5.64. The number of halogens is 1. The number of nitrogens with zero attached hydrogens (tertiary/aromatic N) is 1. The lowest BCUT2D eigenvalue weighted by atomic mass is 10.0. The van der Waals surface area contributed by atoms with E-state index in [0.717, 1.165) is 11.1 Å². The van der Waals surface area contributed by atoms with E-state index in [2.05, 4.69) is 4.98 Å². The molecule has 0 radical (unpaired) electrons. The topological polar surface area (TPSA) is 59.4 Å². The van der Waals surface area contributed by atoms with Gasteiger partial charge in [0.25, 0.3) is 0 Å². The van der Waals surface area contributed by atoms with Crippen LogP contribution in [0.4, 0.5) is 0 Å². The largest absolute Gasteiger partial charge is 0.489 e. The predicted molar refractivity (Wildman–Crippen MR) is 99.6 cm³/mol. The number of hydrogen-bond acceptors (Lipinski definition) is 3. The van der Waals surface area contributed by atoms with Crippen molar-refractivity contribution < 1.29 is 14.6 Å². The molecule has 0 aliphatic heterocycles. The molecule has 0 bridgehead atoms. The van der Waals surface area contributed by atoms with Gasteiger partial charge in [0.05, 0.1) is 27.9 Å². The molecule has 0 aliphatic rings. The number of carboxylic acid groups (broad SMARTS) is 1. The number of ether oxygens (including phenoxy) is 1. The van der Waals surface area contributed by atoms with Crippen molar-refractivity contribution in [3.8, 4) is 17.0 Å². The molecule has 1 heterocycles. The number of aromatic nitrogens is 1. The lowest BCUT2D eigenvalue weighted by molar-refractivity contribution is 0.0699. The Balaban J connectivity index is 2.17. The monoisotopic (exact) mass is 355 g/mol. The standard InChI is InChI=1S/C20H18ClNO3/c1-11(2)25-18-8-7-13(9-16(18)21)17-10-15(20(23)24)14-6-4-5-12(3)19(14)22-17/h4-11H,1-3H3,(H,23,24). The molecule has 4 nitrogen and oxygen atoms in total. The second kappa shape index (κ2) is 6.73. The summed E-state index contributed by atoms with van der Waals surface area (Å²) in [5.41, 5.74) is 3.14. The number of carboxylic acids is 1. The van der Waals surface area contributed by atoms with Crippen molar-refractivity contribution in [3.63, 3.8) is 0 Å². The van der Waals surface area contributed by atoms with Crippen LogP contribution in [-0.4, -0.2) is 22.2 Å². The smallest absolute Gasteiger partial charge is 0.336 e. The summed E-state index contributed by atoms with van der Waals surface area (Å²) in [5.74, 6) is -0.388. The van der Waals surface area contributed by atoms with E-state index in [0.29, 0.717) is 27.4 Å². The number of hydrogen-bond donors (Lipinski definition) is 1. The molecule has 0 aliphatic carbocycles. The first-order chi connectivity index (χ1) is 11.9. The quantitative estimate of drug-likeness (QED) is 0.685. The zero-order valence-electron chi connectivity index (χ0n) is 14.2. The summed E-state index contributed by atoms with van der Waals surface area (Å²) in [5, 5.41) is 10.7. The van der Waals surface area contributed by atoms with Crippen LogP contribution in [0.15, 0.2) is 42.5 Å². The van der Waals surface area contributed by atoms with Gasteiger partial charge in [-0.3, -0.25) is 0 Å². The molecule has 0 atom stereocenters. The number of para-hydroxylation sites is 1. The van der Waals surface area contributed by atoms with Crippen LogP contribution in [0.2, 0.25) is 5.02 Å². The molecule has 0 fully saturated rings. The molecule has 0 unspecified atom stereocenters. The highest BCUT2D eigenvalue weighted by Gasteiger charge is 2.15. The number of aryl methyl sites for hydroxylation is 1. The first-order valence-corrected chi connectivity index (χ1v) is 8.35. The van der Waals surface area contributed by atoms with Crippen molar-refractivity contribution in [2.45, 2.75) is 26.9 Å². The SMILES string of the molecule is Cc1cccc2c(C(=O)O)cc(-c3ccc(OC(C)C)c(Cl)c3)nc12. The maximum atomic E-state index is 11.7. The molecule has 1 aromatic heterocycles. The molecule has 3 aromatic rings. The van der Waals surface area contributed by atoms with Crippen LogP contribution in [0, 0.1) is 6.92 Å². The second-order valence-corrected chi connectivity index (χ2v) is 6.55. The average molecular weight is 356 g/mol. The van der Waals surface area contributed by atoms with E-state index in [9.17, 15) is 9.90 Å². The summed E-state index contributed by atoms with van der Waals surface area (Å²) in [7, 11) is 0. The summed E-state index contributed by atoms with van der Waals surface area (Å²) >= 11 is 6.31. The zero-order valence-corrected chi connectivity index (χ0v) is 15.0. The molecule has 1 N–H and O–H groups in total. The third-order valence-corrected chi connectivity index (χ3v) is 4.16. The highest BCUT2D eigenvalue weighted by atomic mass is 35.5. The highest BCUT2D eigenvalue weighted by molar-refractivity contribution is 6.32. The van der Waals surface area contributed by atoms with Gasteiger partial charge in [-0.25, -0.2) is 9.78 Å². The fourth-order valence-corrected chi connectivity index (χ4v) is 2.95. The number of carbonyl (C=O) groups is 1. The van der Waals surface area contributed by atoms with Gasteiger partial charge in [0.15, 0.2) is 0 Å². The Morgan fingerprint density at radius 2 is 1.96 bits per heavy atom. The van der Waals surface area contributed by atoms with Crippen molar-refractivity contribution in [2.75, 3.05) is 0 Å². The third-order valence-electron chi connectivity index (χ3n) is 3.86. The molecule has 25 heavy (non-hydrogen) atoms. The Morgan fingerprint density at radius 3 is 2.60 bits per heavy atom. The number of fused-ring (bicyclic) bond motifs is 1. The number of benzene rings is 2. The average Bonchev–Trinajstić information content (AvgIpc) is 2.56. The van der Waals surface area contributed by atoms with E-state index >= 15 is 0 Å². The van der Waals surface area contributed by atoms with Gasteiger partial charge in [0.1, 0.15) is 5.75 Å². The van der Waals surface area contributed by atoms with Crippen LogP contribution in [0.3, 0.4) is 0 Å². The fourth-order valence-electron chi connectivity index (χ4n) is 2.73. The van der Waals surface area contributed by atoms with Crippen LogP contribution >= 0.6 is 11.6 Å². The van der Waals surface area contributed by atoms with Crippen molar-refractivity contribution in [2.24, 2.45) is 0 Å². The van der Waals surface area contributed by atoms with Gasteiger partial charge in [-0.2, -0.15) is 0 Å². The third kappa shape index (κ3) is 3.44. The van der Waals surface area contributed by atoms with Gasteiger partial charge in [-0.1, -0.05) is 29.8 Å². The van der Waals surface area contributed by atoms with Gasteiger partial charge in [0.2, 0.25) is 0 Å². The van der Waals surface area contributed by atoms with E-state index in [1.165, 1.54) is 0 Å². The normalized spacial score (nSPS) is 11.1. The van der Waals surface area contributed by atoms with Crippen LogP contribution in [-0.2, 0) is 0 Å². The molecule has 5 heteroatoms. The minimum absolute atomic E-state index is 0.0170. The van der Waals surface area contributed by atoms with Crippen molar-refractivity contribution >= 4 is 28.5 Å². The molecular weight excluding hydrogens is 338 g/mol. The Hall–Kier alpha value is -2.59. The fraction of sp³-hybridized carbons (Fsp3) is 0.200. The van der Waals surface area contributed by atoms with Gasteiger partial charge in [-0.15, -0.1) is 0 Å². The summed E-state index contributed by atoms with van der Waals surface area (Å²) in [4.78, 5) is 16.3. The maximum absolute atomic E-state index is 11.7. The Labute approximate surface area is 151 Å². The molecule has 0 saturated heterocycles. The minimum atomic E-state index is -0.981.